The Labute approximate surface area is 98.8 Å². The van der Waals surface area contributed by atoms with Gasteiger partial charge in [-0.05, 0) is 6.42 Å². The van der Waals surface area contributed by atoms with Gasteiger partial charge in [-0.2, -0.15) is 0 Å². The van der Waals surface area contributed by atoms with Gasteiger partial charge in [0.05, 0.1) is 6.54 Å². The van der Waals surface area contributed by atoms with Crippen molar-refractivity contribution in [2.45, 2.75) is 25.9 Å². The molecule has 1 atom stereocenters. The zero-order chi connectivity index (χ0) is 12.4. The van der Waals surface area contributed by atoms with Gasteiger partial charge in [-0.3, -0.25) is 14.3 Å². The molecule has 0 saturated carbocycles. The molecule has 0 aromatic carbocycles. The Bertz CT molecular complexity index is 442. The van der Waals surface area contributed by atoms with Crippen LogP contribution >= 0.6 is 0 Å². The zero-order valence-electron chi connectivity index (χ0n) is 9.88. The highest BCUT2D eigenvalue weighted by molar-refractivity contribution is 5.94. The van der Waals surface area contributed by atoms with Gasteiger partial charge in [0.15, 0.2) is 0 Å². The molecule has 2 amide bonds. The maximum atomic E-state index is 12.0. The Hall–Kier alpha value is -1.92. The number of aromatic nitrogens is 3. The lowest BCUT2D eigenvalue weighted by Crippen LogP contribution is -2.57. The number of carbonyl (C=O) groups is 2. The lowest BCUT2D eigenvalue weighted by atomic mass is 10.1. The zero-order valence-corrected chi connectivity index (χ0v) is 9.88. The van der Waals surface area contributed by atoms with Crippen molar-refractivity contribution in [3.8, 4) is 0 Å². The molecule has 2 heterocycles. The first-order chi connectivity index (χ1) is 8.10. The summed E-state index contributed by atoms with van der Waals surface area (Å²) >= 11 is 0. The Morgan fingerprint density at radius 3 is 2.88 bits per heavy atom. The van der Waals surface area contributed by atoms with E-state index in [0.717, 1.165) is 0 Å². The van der Waals surface area contributed by atoms with E-state index in [1.807, 2.05) is 6.92 Å². The SMILES string of the molecule is CCC1NC(=O)CN(Cc2cn(C)nn2)C1=O. The summed E-state index contributed by atoms with van der Waals surface area (Å²) in [5.41, 5.74) is 0.686. The first kappa shape index (κ1) is 11.6. The van der Waals surface area contributed by atoms with Gasteiger partial charge in [0.2, 0.25) is 11.8 Å². The van der Waals surface area contributed by atoms with E-state index in [-0.39, 0.29) is 18.4 Å². The number of piperazine rings is 1. The van der Waals surface area contributed by atoms with E-state index in [1.54, 1.807) is 17.9 Å². The van der Waals surface area contributed by atoms with E-state index in [9.17, 15) is 9.59 Å². The summed E-state index contributed by atoms with van der Waals surface area (Å²) in [5.74, 6) is -0.182. The molecule has 1 unspecified atom stereocenters. The Morgan fingerprint density at radius 1 is 1.53 bits per heavy atom. The molecule has 1 aliphatic rings. The normalized spacial score (nSPS) is 20.6. The van der Waals surface area contributed by atoms with Crippen molar-refractivity contribution in [3.63, 3.8) is 0 Å². The van der Waals surface area contributed by atoms with Crippen LogP contribution in [0, 0.1) is 0 Å². The summed E-state index contributed by atoms with van der Waals surface area (Å²) in [6.45, 7) is 2.29. The van der Waals surface area contributed by atoms with E-state index < -0.39 is 6.04 Å². The van der Waals surface area contributed by atoms with Crippen LogP contribution in [0.1, 0.15) is 19.0 Å². The van der Waals surface area contributed by atoms with Gasteiger partial charge in [-0.25, -0.2) is 0 Å². The molecule has 0 spiro atoms. The number of rotatable bonds is 3. The molecule has 0 aliphatic carbocycles. The first-order valence-electron chi connectivity index (χ1n) is 5.53. The maximum absolute atomic E-state index is 12.0. The highest BCUT2D eigenvalue weighted by Crippen LogP contribution is 2.09. The van der Waals surface area contributed by atoms with Gasteiger partial charge < -0.3 is 10.2 Å². The summed E-state index contributed by atoms with van der Waals surface area (Å²) < 4.78 is 1.57. The second-order valence-electron chi connectivity index (χ2n) is 4.11. The second kappa shape index (κ2) is 4.52. The Morgan fingerprint density at radius 2 is 2.29 bits per heavy atom. The largest absolute Gasteiger partial charge is 0.343 e. The molecule has 1 aliphatic heterocycles. The average Bonchev–Trinajstić information content (AvgIpc) is 2.69. The fourth-order valence-corrected chi connectivity index (χ4v) is 1.85. The molecule has 1 saturated heterocycles. The Balaban J connectivity index is 2.09. The number of nitrogens with zero attached hydrogens (tertiary/aromatic N) is 4. The first-order valence-corrected chi connectivity index (χ1v) is 5.53. The van der Waals surface area contributed by atoms with Gasteiger partial charge in [0.25, 0.3) is 0 Å². The highest BCUT2D eigenvalue weighted by atomic mass is 16.2. The summed E-state index contributed by atoms with van der Waals surface area (Å²) in [6, 6.07) is -0.409. The minimum Gasteiger partial charge on any atom is -0.343 e. The van der Waals surface area contributed by atoms with Crippen LogP contribution in [0.4, 0.5) is 0 Å². The number of hydrogen-bond acceptors (Lipinski definition) is 4. The molecule has 7 nitrogen and oxygen atoms in total. The minimum absolute atomic E-state index is 0.0576. The number of amides is 2. The molecule has 92 valence electrons. The van der Waals surface area contributed by atoms with Crippen LogP contribution in [0.25, 0.3) is 0 Å². The van der Waals surface area contributed by atoms with Crippen molar-refractivity contribution in [2.75, 3.05) is 6.54 Å². The molecule has 0 bridgehead atoms. The van der Waals surface area contributed by atoms with Crippen LogP contribution in [0.5, 0.6) is 0 Å². The predicted octanol–water partition coefficient (Wildman–Crippen LogP) is -0.948. The lowest BCUT2D eigenvalue weighted by molar-refractivity contribution is -0.145. The standard InChI is InChI=1S/C10H15N5O2/c1-3-8-10(17)15(6-9(16)11-8)5-7-4-14(2)13-12-7/h4,8H,3,5-6H2,1-2H3,(H,11,16). The van der Waals surface area contributed by atoms with E-state index in [4.69, 9.17) is 0 Å². The van der Waals surface area contributed by atoms with Crippen LogP contribution < -0.4 is 5.32 Å². The molecule has 1 aromatic heterocycles. The molecule has 1 N–H and O–H groups in total. The van der Waals surface area contributed by atoms with Crippen molar-refractivity contribution in [1.82, 2.24) is 25.2 Å². The predicted molar refractivity (Wildman–Crippen MR) is 58.6 cm³/mol. The van der Waals surface area contributed by atoms with Crippen molar-refractivity contribution in [1.29, 1.82) is 0 Å². The molecule has 7 heteroatoms. The topological polar surface area (TPSA) is 80.1 Å². The smallest absolute Gasteiger partial charge is 0.245 e. The highest BCUT2D eigenvalue weighted by Gasteiger charge is 2.31. The summed E-state index contributed by atoms with van der Waals surface area (Å²) in [7, 11) is 1.76. The van der Waals surface area contributed by atoms with E-state index in [2.05, 4.69) is 15.6 Å². The molecule has 1 aromatic rings. The fourth-order valence-electron chi connectivity index (χ4n) is 1.85. The number of nitrogens with one attached hydrogen (secondary N) is 1. The third-order valence-corrected chi connectivity index (χ3v) is 2.69. The maximum Gasteiger partial charge on any atom is 0.245 e. The van der Waals surface area contributed by atoms with Crippen LogP contribution in [-0.4, -0.2) is 44.3 Å². The second-order valence-corrected chi connectivity index (χ2v) is 4.11. The van der Waals surface area contributed by atoms with Gasteiger partial charge in [0.1, 0.15) is 18.3 Å². The van der Waals surface area contributed by atoms with Crippen LogP contribution in [0.3, 0.4) is 0 Å². The summed E-state index contributed by atoms with van der Waals surface area (Å²) in [4.78, 5) is 24.9. The van der Waals surface area contributed by atoms with E-state index in [1.165, 1.54) is 4.90 Å². The van der Waals surface area contributed by atoms with Crippen LogP contribution in [-0.2, 0) is 23.2 Å². The van der Waals surface area contributed by atoms with Gasteiger partial charge in [-0.1, -0.05) is 12.1 Å². The lowest BCUT2D eigenvalue weighted by Gasteiger charge is -2.31. The molecule has 17 heavy (non-hydrogen) atoms. The van der Waals surface area contributed by atoms with Gasteiger partial charge in [0, 0.05) is 13.2 Å². The molecule has 1 fully saturated rings. The van der Waals surface area contributed by atoms with Gasteiger partial charge >= 0.3 is 0 Å². The summed E-state index contributed by atoms with van der Waals surface area (Å²) in [5, 5.41) is 10.4. The molecule has 2 rings (SSSR count). The van der Waals surface area contributed by atoms with E-state index in [0.29, 0.717) is 18.7 Å². The number of carbonyl (C=O) groups excluding carboxylic acids is 2. The molecular weight excluding hydrogens is 222 g/mol. The number of hydrogen-bond donors (Lipinski definition) is 1. The quantitative estimate of drug-likeness (QED) is 0.735. The fraction of sp³-hybridized carbons (Fsp3) is 0.600. The molecular formula is C10H15N5O2. The monoisotopic (exact) mass is 237 g/mol. The van der Waals surface area contributed by atoms with Crippen molar-refractivity contribution >= 4 is 11.8 Å². The van der Waals surface area contributed by atoms with Gasteiger partial charge in [-0.15, -0.1) is 5.10 Å². The van der Waals surface area contributed by atoms with Crippen molar-refractivity contribution in [3.05, 3.63) is 11.9 Å². The van der Waals surface area contributed by atoms with Crippen LogP contribution in [0.15, 0.2) is 6.20 Å². The summed E-state index contributed by atoms with van der Waals surface area (Å²) in [6.07, 6.45) is 2.34. The average molecular weight is 237 g/mol. The molecule has 0 radical (unpaired) electrons. The van der Waals surface area contributed by atoms with E-state index >= 15 is 0 Å². The van der Waals surface area contributed by atoms with Crippen LogP contribution in [0.2, 0.25) is 0 Å². The van der Waals surface area contributed by atoms with Crippen molar-refractivity contribution in [2.24, 2.45) is 7.05 Å². The van der Waals surface area contributed by atoms with Crippen molar-refractivity contribution < 1.29 is 9.59 Å². The number of aryl methyl sites for hydroxylation is 1. The Kier molecular flexibility index (Phi) is 3.08. The third kappa shape index (κ3) is 2.43. The minimum atomic E-state index is -0.409. The third-order valence-electron chi connectivity index (χ3n) is 2.69.